The van der Waals surface area contributed by atoms with Crippen LogP contribution in [0.15, 0.2) is 12.1 Å². The molecular weight excluding hydrogens is 283 g/mol. The van der Waals surface area contributed by atoms with E-state index in [1.807, 2.05) is 0 Å². The molecule has 1 rings (SSSR count). The highest BCUT2D eigenvalue weighted by Gasteiger charge is 2.38. The first-order valence-corrected chi connectivity index (χ1v) is 5.31. The fourth-order valence-electron chi connectivity index (χ4n) is 0.624. The second-order valence-electron chi connectivity index (χ2n) is 2.70. The van der Waals surface area contributed by atoms with Gasteiger partial charge in [-0.25, -0.2) is 4.79 Å². The largest absolute Gasteiger partial charge is 0.490 e. The topological polar surface area (TPSA) is 83.5 Å². The van der Waals surface area contributed by atoms with E-state index in [4.69, 9.17) is 32.3 Å². The molecule has 0 fully saturated rings. The highest BCUT2D eigenvalue weighted by molar-refractivity contribution is 7.16. The summed E-state index contributed by atoms with van der Waals surface area (Å²) in [6.07, 6.45) is -5.64. The highest BCUT2D eigenvalue weighted by atomic mass is 35.5. The number of thiophene rings is 1. The Balaban J connectivity index is 0.000000325. The van der Waals surface area contributed by atoms with Crippen molar-refractivity contribution in [2.75, 3.05) is 6.54 Å². The lowest BCUT2D eigenvalue weighted by Crippen LogP contribution is -2.21. The van der Waals surface area contributed by atoms with Crippen LogP contribution in [-0.2, 0) is 4.79 Å². The van der Waals surface area contributed by atoms with Gasteiger partial charge in [-0.1, -0.05) is 11.6 Å². The summed E-state index contributed by atoms with van der Waals surface area (Å²) in [5.41, 5.74) is 5.23. The van der Waals surface area contributed by atoms with Crippen LogP contribution in [0.2, 0.25) is 4.34 Å². The molecule has 1 unspecified atom stereocenters. The van der Waals surface area contributed by atoms with Crippen molar-refractivity contribution >= 4 is 28.9 Å². The van der Waals surface area contributed by atoms with Crippen LogP contribution >= 0.6 is 22.9 Å². The molecule has 0 aliphatic carbocycles. The van der Waals surface area contributed by atoms with E-state index in [1.54, 1.807) is 12.1 Å². The maximum Gasteiger partial charge on any atom is 0.490 e. The van der Waals surface area contributed by atoms with Crippen LogP contribution in [0.1, 0.15) is 11.0 Å². The zero-order chi connectivity index (χ0) is 13.6. The Bertz CT molecular complexity index is 369. The number of halogens is 4. The van der Waals surface area contributed by atoms with Crippen LogP contribution in [0.4, 0.5) is 13.2 Å². The number of rotatable bonds is 2. The molecule has 0 aliphatic heterocycles. The fraction of sp³-hybridized carbons (Fsp3) is 0.375. The second kappa shape index (κ2) is 6.80. The predicted octanol–water partition coefficient (Wildman–Crippen LogP) is 2.03. The molecule has 0 amide bonds. The summed E-state index contributed by atoms with van der Waals surface area (Å²) in [7, 11) is 0. The number of hydrogen-bond donors (Lipinski definition) is 3. The molecule has 4 N–H and O–H groups in total. The van der Waals surface area contributed by atoms with E-state index in [2.05, 4.69) is 0 Å². The van der Waals surface area contributed by atoms with Crippen molar-refractivity contribution in [3.63, 3.8) is 0 Å². The molecule has 0 saturated carbocycles. The average Bonchev–Trinajstić information content (AvgIpc) is 2.63. The Morgan fingerprint density at radius 3 is 2.24 bits per heavy atom. The summed E-state index contributed by atoms with van der Waals surface area (Å²) in [5, 5.41) is 16.3. The van der Waals surface area contributed by atoms with E-state index in [9.17, 15) is 13.2 Å². The van der Waals surface area contributed by atoms with Crippen molar-refractivity contribution in [3.05, 3.63) is 21.3 Å². The number of carboxylic acids is 1. The second-order valence-corrected chi connectivity index (χ2v) is 4.44. The van der Waals surface area contributed by atoms with Gasteiger partial charge in [-0.2, -0.15) is 13.2 Å². The molecule has 4 nitrogen and oxygen atoms in total. The number of aliphatic hydroxyl groups excluding tert-OH is 1. The first-order chi connectivity index (χ1) is 7.68. The SMILES string of the molecule is NCC(O)c1ccc(Cl)s1.O=C(O)C(F)(F)F. The Morgan fingerprint density at radius 2 is 2.00 bits per heavy atom. The Morgan fingerprint density at radius 1 is 1.53 bits per heavy atom. The predicted molar refractivity (Wildman–Crippen MR) is 57.0 cm³/mol. The zero-order valence-corrected chi connectivity index (χ0v) is 9.81. The lowest BCUT2D eigenvalue weighted by Gasteiger charge is -2.01. The number of aliphatic hydroxyl groups is 1. The van der Waals surface area contributed by atoms with Crippen molar-refractivity contribution in [1.82, 2.24) is 0 Å². The van der Waals surface area contributed by atoms with Gasteiger partial charge in [0.1, 0.15) is 6.10 Å². The Hall–Kier alpha value is -0.830. The normalized spacial score (nSPS) is 12.6. The van der Waals surface area contributed by atoms with Crippen molar-refractivity contribution in [3.8, 4) is 0 Å². The maximum absolute atomic E-state index is 10.6. The number of nitrogens with two attached hydrogens (primary N) is 1. The fourth-order valence-corrected chi connectivity index (χ4v) is 1.68. The van der Waals surface area contributed by atoms with Crippen LogP contribution in [-0.4, -0.2) is 28.9 Å². The molecule has 17 heavy (non-hydrogen) atoms. The lowest BCUT2D eigenvalue weighted by atomic mass is 10.3. The highest BCUT2D eigenvalue weighted by Crippen LogP contribution is 2.25. The molecule has 0 spiro atoms. The number of carboxylic acid groups (broad SMARTS) is 1. The number of hydrogen-bond acceptors (Lipinski definition) is 4. The molecule has 1 aromatic heterocycles. The Kier molecular flexibility index (Phi) is 6.46. The first kappa shape index (κ1) is 16.2. The molecule has 98 valence electrons. The molecule has 0 bridgehead atoms. The summed E-state index contributed by atoms with van der Waals surface area (Å²) in [4.78, 5) is 9.72. The summed E-state index contributed by atoms with van der Waals surface area (Å²) < 4.78 is 32.4. The Labute approximate surface area is 103 Å². The van der Waals surface area contributed by atoms with E-state index in [0.717, 1.165) is 4.88 Å². The summed E-state index contributed by atoms with van der Waals surface area (Å²) >= 11 is 6.98. The third-order valence-electron chi connectivity index (χ3n) is 1.39. The van der Waals surface area contributed by atoms with Gasteiger partial charge in [-0.3, -0.25) is 0 Å². The minimum atomic E-state index is -5.08. The standard InChI is InChI=1S/C6H8ClNOS.C2HF3O2/c7-6-2-1-5(10-6)4(9)3-8;3-2(4,5)1(6)7/h1-2,4,9H,3,8H2;(H,6,7). The number of carbonyl (C=O) groups is 1. The van der Waals surface area contributed by atoms with Crippen LogP contribution in [0.3, 0.4) is 0 Å². The molecular formula is C8H9ClF3NO3S. The van der Waals surface area contributed by atoms with Crippen LogP contribution < -0.4 is 5.73 Å². The van der Waals surface area contributed by atoms with Crippen LogP contribution in [0.25, 0.3) is 0 Å². The van der Waals surface area contributed by atoms with E-state index >= 15 is 0 Å². The molecule has 0 aromatic carbocycles. The van der Waals surface area contributed by atoms with Gasteiger partial charge in [0.2, 0.25) is 0 Å². The molecule has 0 aliphatic rings. The third kappa shape index (κ3) is 6.47. The van der Waals surface area contributed by atoms with Crippen molar-refractivity contribution in [1.29, 1.82) is 0 Å². The van der Waals surface area contributed by atoms with E-state index < -0.39 is 18.2 Å². The summed E-state index contributed by atoms with van der Waals surface area (Å²) in [6.45, 7) is 0.247. The minimum absolute atomic E-state index is 0.247. The monoisotopic (exact) mass is 291 g/mol. The van der Waals surface area contributed by atoms with Gasteiger partial charge in [-0.05, 0) is 12.1 Å². The molecule has 9 heteroatoms. The van der Waals surface area contributed by atoms with Gasteiger partial charge in [-0.15, -0.1) is 11.3 Å². The maximum atomic E-state index is 10.6. The smallest absolute Gasteiger partial charge is 0.475 e. The van der Waals surface area contributed by atoms with Gasteiger partial charge < -0.3 is 15.9 Å². The third-order valence-corrected chi connectivity index (χ3v) is 2.72. The van der Waals surface area contributed by atoms with Crippen LogP contribution in [0.5, 0.6) is 0 Å². The van der Waals surface area contributed by atoms with E-state index in [1.165, 1.54) is 11.3 Å². The van der Waals surface area contributed by atoms with E-state index in [-0.39, 0.29) is 6.54 Å². The molecule has 1 aromatic rings. The quantitative estimate of drug-likeness (QED) is 0.778. The summed E-state index contributed by atoms with van der Waals surface area (Å²) in [5.74, 6) is -2.76. The number of alkyl halides is 3. The van der Waals surface area contributed by atoms with E-state index in [0.29, 0.717) is 4.34 Å². The van der Waals surface area contributed by atoms with Gasteiger partial charge in [0.25, 0.3) is 0 Å². The summed E-state index contributed by atoms with van der Waals surface area (Å²) in [6, 6.07) is 3.53. The number of aliphatic carboxylic acids is 1. The minimum Gasteiger partial charge on any atom is -0.475 e. The molecule has 1 atom stereocenters. The van der Waals surface area contributed by atoms with Crippen LogP contribution in [0, 0.1) is 0 Å². The van der Waals surface area contributed by atoms with Gasteiger partial charge in [0, 0.05) is 11.4 Å². The van der Waals surface area contributed by atoms with Gasteiger partial charge in [0.05, 0.1) is 4.34 Å². The molecule has 0 saturated heterocycles. The first-order valence-electron chi connectivity index (χ1n) is 4.12. The molecule has 1 heterocycles. The van der Waals surface area contributed by atoms with Crippen molar-refractivity contribution in [2.45, 2.75) is 12.3 Å². The lowest BCUT2D eigenvalue weighted by molar-refractivity contribution is -0.192. The van der Waals surface area contributed by atoms with Crippen molar-refractivity contribution < 1.29 is 28.2 Å². The van der Waals surface area contributed by atoms with Gasteiger partial charge in [0.15, 0.2) is 0 Å². The zero-order valence-electron chi connectivity index (χ0n) is 8.24. The van der Waals surface area contributed by atoms with Gasteiger partial charge >= 0.3 is 12.1 Å². The van der Waals surface area contributed by atoms with Crippen molar-refractivity contribution in [2.24, 2.45) is 5.73 Å². The molecule has 0 radical (unpaired) electrons. The average molecular weight is 292 g/mol.